The summed E-state index contributed by atoms with van der Waals surface area (Å²) < 4.78 is 6.79. The van der Waals surface area contributed by atoms with E-state index in [4.69, 9.17) is 4.74 Å². The van der Waals surface area contributed by atoms with E-state index in [2.05, 4.69) is 26.2 Å². The lowest BCUT2D eigenvalue weighted by atomic mass is 9.89. The Balaban J connectivity index is 1.48. The Kier molecular flexibility index (Phi) is 8.27. The van der Waals surface area contributed by atoms with Crippen molar-refractivity contribution in [3.8, 4) is 5.75 Å². The number of carbonyl (C=O) groups is 1. The molecule has 5 nitrogen and oxygen atoms in total. The fourth-order valence-corrected chi connectivity index (χ4v) is 3.47. The van der Waals surface area contributed by atoms with E-state index in [1.54, 1.807) is 6.20 Å². The predicted octanol–water partition coefficient (Wildman–Crippen LogP) is 5.53. The molecule has 0 aliphatic rings. The summed E-state index contributed by atoms with van der Waals surface area (Å²) in [6.07, 6.45) is 3.39. The van der Waals surface area contributed by atoms with Crippen molar-refractivity contribution in [3.63, 3.8) is 0 Å². The van der Waals surface area contributed by atoms with Gasteiger partial charge in [0, 0.05) is 17.2 Å². The van der Waals surface area contributed by atoms with Crippen LogP contribution >= 0.6 is 15.9 Å². The SMILES string of the molecule is O=C(O)CC(Cc1ccc(OCCCNc2ccccn2)cc1)c1ccc(Br)cc1. The second-order valence-corrected chi connectivity index (χ2v) is 7.95. The van der Waals surface area contributed by atoms with Gasteiger partial charge in [0.05, 0.1) is 13.0 Å². The molecule has 0 aliphatic carbocycles. The molecule has 0 bridgehead atoms. The highest BCUT2D eigenvalue weighted by molar-refractivity contribution is 9.10. The standard InChI is InChI=1S/C24H25BrN2O3/c25-21-9-7-19(8-10-21)20(17-24(28)29)16-18-5-11-22(12-6-18)30-15-3-14-27-23-4-1-2-13-26-23/h1-2,4-13,20H,3,14-17H2,(H,26,27)(H,28,29). The molecule has 0 saturated carbocycles. The molecule has 2 aromatic carbocycles. The number of hydrogen-bond donors (Lipinski definition) is 2. The van der Waals surface area contributed by atoms with E-state index < -0.39 is 5.97 Å². The van der Waals surface area contributed by atoms with Crippen molar-refractivity contribution in [3.05, 3.63) is 88.5 Å². The Labute approximate surface area is 185 Å². The number of benzene rings is 2. The molecule has 1 aromatic heterocycles. The molecule has 0 radical (unpaired) electrons. The fraction of sp³-hybridized carbons (Fsp3) is 0.250. The van der Waals surface area contributed by atoms with Gasteiger partial charge >= 0.3 is 5.97 Å². The lowest BCUT2D eigenvalue weighted by Gasteiger charge is -2.16. The van der Waals surface area contributed by atoms with Gasteiger partial charge in [-0.05, 0) is 66.3 Å². The summed E-state index contributed by atoms with van der Waals surface area (Å²) >= 11 is 3.43. The van der Waals surface area contributed by atoms with Crippen molar-refractivity contribution >= 4 is 27.7 Å². The van der Waals surface area contributed by atoms with Crippen molar-refractivity contribution in [2.45, 2.75) is 25.2 Å². The quantitative estimate of drug-likeness (QED) is 0.362. The van der Waals surface area contributed by atoms with Crippen LogP contribution in [-0.4, -0.2) is 29.2 Å². The molecule has 2 N–H and O–H groups in total. The third-order valence-corrected chi connectivity index (χ3v) is 5.26. The number of carboxylic acid groups (broad SMARTS) is 1. The maximum absolute atomic E-state index is 11.3. The average Bonchev–Trinajstić information content (AvgIpc) is 2.75. The second-order valence-electron chi connectivity index (χ2n) is 7.04. The van der Waals surface area contributed by atoms with Gasteiger partial charge in [0.1, 0.15) is 11.6 Å². The van der Waals surface area contributed by atoms with Gasteiger partial charge in [0.2, 0.25) is 0 Å². The van der Waals surface area contributed by atoms with Crippen molar-refractivity contribution in [1.29, 1.82) is 0 Å². The molecule has 0 amide bonds. The van der Waals surface area contributed by atoms with Crippen LogP contribution in [-0.2, 0) is 11.2 Å². The number of aromatic nitrogens is 1. The minimum Gasteiger partial charge on any atom is -0.494 e. The Morgan fingerprint density at radius 1 is 1.07 bits per heavy atom. The van der Waals surface area contributed by atoms with Gasteiger partial charge in [-0.15, -0.1) is 0 Å². The highest BCUT2D eigenvalue weighted by Gasteiger charge is 2.16. The molecule has 1 unspecified atom stereocenters. The van der Waals surface area contributed by atoms with Crippen LogP contribution in [0.4, 0.5) is 5.82 Å². The van der Waals surface area contributed by atoms with Crippen molar-refractivity contribution in [2.24, 2.45) is 0 Å². The maximum atomic E-state index is 11.3. The number of aliphatic carboxylic acids is 1. The number of rotatable bonds is 11. The normalized spacial score (nSPS) is 11.6. The van der Waals surface area contributed by atoms with Gasteiger partial charge in [-0.1, -0.05) is 46.3 Å². The van der Waals surface area contributed by atoms with Crippen molar-refractivity contribution < 1.29 is 14.6 Å². The first-order valence-electron chi connectivity index (χ1n) is 9.94. The Bertz CT molecular complexity index is 915. The first-order chi connectivity index (χ1) is 14.6. The predicted molar refractivity (Wildman–Crippen MR) is 122 cm³/mol. The molecule has 156 valence electrons. The summed E-state index contributed by atoms with van der Waals surface area (Å²) in [5.74, 6) is 0.820. The van der Waals surface area contributed by atoms with Crippen molar-refractivity contribution in [2.75, 3.05) is 18.5 Å². The minimum atomic E-state index is -0.790. The smallest absolute Gasteiger partial charge is 0.303 e. The summed E-state index contributed by atoms with van der Waals surface area (Å²) in [7, 11) is 0. The molecule has 0 spiro atoms. The van der Waals surface area contributed by atoms with E-state index >= 15 is 0 Å². The van der Waals surface area contributed by atoms with E-state index in [1.807, 2.05) is 66.7 Å². The number of halogens is 1. The molecular formula is C24H25BrN2O3. The zero-order valence-corrected chi connectivity index (χ0v) is 18.2. The van der Waals surface area contributed by atoms with Gasteiger partial charge in [0.15, 0.2) is 0 Å². The summed E-state index contributed by atoms with van der Waals surface area (Å²) in [5, 5.41) is 12.6. The topological polar surface area (TPSA) is 71.5 Å². The maximum Gasteiger partial charge on any atom is 0.303 e. The Hall–Kier alpha value is -2.86. The fourth-order valence-electron chi connectivity index (χ4n) is 3.21. The molecule has 0 saturated heterocycles. The van der Waals surface area contributed by atoms with Crippen LogP contribution in [0.25, 0.3) is 0 Å². The molecular weight excluding hydrogens is 444 g/mol. The summed E-state index contributed by atoms with van der Waals surface area (Å²) in [6, 6.07) is 21.5. The minimum absolute atomic E-state index is 0.0694. The highest BCUT2D eigenvalue weighted by atomic mass is 79.9. The van der Waals surface area contributed by atoms with Crippen LogP contribution in [0, 0.1) is 0 Å². The lowest BCUT2D eigenvalue weighted by molar-refractivity contribution is -0.137. The molecule has 3 aromatic rings. The lowest BCUT2D eigenvalue weighted by Crippen LogP contribution is -2.09. The van der Waals surface area contributed by atoms with Gasteiger partial charge in [-0.2, -0.15) is 0 Å². The Morgan fingerprint density at radius 2 is 1.83 bits per heavy atom. The largest absolute Gasteiger partial charge is 0.494 e. The number of hydrogen-bond acceptors (Lipinski definition) is 4. The van der Waals surface area contributed by atoms with E-state index in [-0.39, 0.29) is 12.3 Å². The van der Waals surface area contributed by atoms with E-state index in [0.29, 0.717) is 13.0 Å². The molecule has 0 aliphatic heterocycles. The number of carboxylic acids is 1. The third-order valence-electron chi connectivity index (χ3n) is 4.73. The number of ether oxygens (including phenoxy) is 1. The molecule has 6 heteroatoms. The first-order valence-corrected chi connectivity index (χ1v) is 10.7. The monoisotopic (exact) mass is 468 g/mol. The van der Waals surface area contributed by atoms with Crippen molar-refractivity contribution in [1.82, 2.24) is 4.98 Å². The zero-order chi connectivity index (χ0) is 21.2. The van der Waals surface area contributed by atoms with Gasteiger partial charge < -0.3 is 15.2 Å². The van der Waals surface area contributed by atoms with E-state index in [9.17, 15) is 9.90 Å². The average molecular weight is 469 g/mol. The Morgan fingerprint density at radius 3 is 2.50 bits per heavy atom. The molecule has 0 fully saturated rings. The number of pyridine rings is 1. The highest BCUT2D eigenvalue weighted by Crippen LogP contribution is 2.27. The second kappa shape index (κ2) is 11.4. The number of nitrogens with one attached hydrogen (secondary N) is 1. The van der Waals surface area contributed by atoms with Gasteiger partial charge in [-0.3, -0.25) is 4.79 Å². The van der Waals surface area contributed by atoms with Gasteiger partial charge in [-0.25, -0.2) is 4.98 Å². The van der Waals surface area contributed by atoms with Crippen LogP contribution < -0.4 is 10.1 Å². The van der Waals surface area contributed by atoms with Crippen LogP contribution in [0.5, 0.6) is 5.75 Å². The molecule has 1 atom stereocenters. The van der Waals surface area contributed by atoms with Crippen LogP contribution in [0.1, 0.15) is 29.9 Å². The molecule has 30 heavy (non-hydrogen) atoms. The number of anilines is 1. The summed E-state index contributed by atoms with van der Waals surface area (Å²) in [4.78, 5) is 15.5. The third kappa shape index (κ3) is 7.19. The van der Waals surface area contributed by atoms with Crippen LogP contribution in [0.3, 0.4) is 0 Å². The summed E-state index contributed by atoms with van der Waals surface area (Å²) in [5.41, 5.74) is 2.12. The van der Waals surface area contributed by atoms with E-state index in [1.165, 1.54) is 0 Å². The summed E-state index contributed by atoms with van der Waals surface area (Å²) in [6.45, 7) is 1.40. The van der Waals surface area contributed by atoms with Crippen LogP contribution in [0.2, 0.25) is 0 Å². The molecule has 1 heterocycles. The van der Waals surface area contributed by atoms with E-state index in [0.717, 1.165) is 40.1 Å². The number of nitrogens with zero attached hydrogens (tertiary/aromatic N) is 1. The van der Waals surface area contributed by atoms with Crippen LogP contribution in [0.15, 0.2) is 77.4 Å². The van der Waals surface area contributed by atoms with Gasteiger partial charge in [0.25, 0.3) is 0 Å². The zero-order valence-electron chi connectivity index (χ0n) is 16.6. The molecule has 3 rings (SSSR count). The first kappa shape index (κ1) is 21.8.